The van der Waals surface area contributed by atoms with Gasteiger partial charge in [0.15, 0.2) is 0 Å². The van der Waals surface area contributed by atoms with Crippen molar-refractivity contribution in [2.75, 3.05) is 10.0 Å². The van der Waals surface area contributed by atoms with E-state index in [1.54, 1.807) is 37.3 Å². The molecule has 0 bridgehead atoms. The van der Waals surface area contributed by atoms with Gasteiger partial charge in [-0.3, -0.25) is 19.6 Å². The molecule has 29 heavy (non-hydrogen) atoms. The maximum Gasteiger partial charge on any atom is 0.292 e. The third kappa shape index (κ3) is 4.58. The molecule has 1 amide bonds. The van der Waals surface area contributed by atoms with Gasteiger partial charge in [0.2, 0.25) is 0 Å². The van der Waals surface area contributed by atoms with Crippen LogP contribution in [0.25, 0.3) is 0 Å². The van der Waals surface area contributed by atoms with Gasteiger partial charge in [-0.05, 0) is 42.8 Å². The normalized spacial score (nSPS) is 10.9. The average Bonchev–Trinajstić information content (AvgIpc) is 2.70. The van der Waals surface area contributed by atoms with E-state index in [1.165, 1.54) is 42.5 Å². The fourth-order valence-corrected chi connectivity index (χ4v) is 3.80. The van der Waals surface area contributed by atoms with E-state index in [9.17, 15) is 23.3 Å². The summed E-state index contributed by atoms with van der Waals surface area (Å²) >= 11 is 0. The molecule has 0 aliphatic carbocycles. The summed E-state index contributed by atoms with van der Waals surface area (Å²) < 4.78 is 27.9. The summed E-state index contributed by atoms with van der Waals surface area (Å²) in [6.07, 6.45) is 0. The second-order valence-corrected chi connectivity index (χ2v) is 7.86. The Morgan fingerprint density at radius 1 is 0.931 bits per heavy atom. The number of benzene rings is 3. The number of nitrogens with one attached hydrogen (secondary N) is 2. The number of amides is 1. The van der Waals surface area contributed by atoms with Crippen molar-refractivity contribution in [1.29, 1.82) is 0 Å². The number of nitro groups is 1. The van der Waals surface area contributed by atoms with Gasteiger partial charge in [0, 0.05) is 11.6 Å². The molecule has 0 heterocycles. The predicted molar refractivity (Wildman–Crippen MR) is 109 cm³/mol. The minimum atomic E-state index is -3.92. The van der Waals surface area contributed by atoms with Gasteiger partial charge in [0.05, 0.1) is 15.5 Å². The maximum atomic E-state index is 12.7. The van der Waals surface area contributed by atoms with E-state index in [1.807, 2.05) is 0 Å². The molecule has 148 valence electrons. The van der Waals surface area contributed by atoms with E-state index >= 15 is 0 Å². The van der Waals surface area contributed by atoms with Crippen molar-refractivity contribution in [1.82, 2.24) is 0 Å². The van der Waals surface area contributed by atoms with Gasteiger partial charge in [-0.1, -0.05) is 36.4 Å². The van der Waals surface area contributed by atoms with Crippen LogP contribution in [0.3, 0.4) is 0 Å². The third-order valence-electron chi connectivity index (χ3n) is 4.14. The lowest BCUT2D eigenvalue weighted by molar-refractivity contribution is -0.383. The molecule has 2 N–H and O–H groups in total. The summed E-state index contributed by atoms with van der Waals surface area (Å²) in [4.78, 5) is 22.9. The van der Waals surface area contributed by atoms with Crippen molar-refractivity contribution < 1.29 is 18.1 Å². The Morgan fingerprint density at radius 2 is 1.59 bits per heavy atom. The number of hydrogen-bond donors (Lipinski definition) is 2. The summed E-state index contributed by atoms with van der Waals surface area (Å²) in [6, 6.07) is 18.0. The Labute approximate surface area is 167 Å². The average molecular weight is 411 g/mol. The van der Waals surface area contributed by atoms with Gasteiger partial charge >= 0.3 is 0 Å². The van der Waals surface area contributed by atoms with Crippen molar-refractivity contribution in [3.05, 3.63) is 94.0 Å². The molecule has 0 atom stereocenters. The van der Waals surface area contributed by atoms with Gasteiger partial charge in [0.1, 0.15) is 5.69 Å². The molecule has 0 aliphatic heterocycles. The number of anilines is 2. The number of sulfonamides is 1. The largest absolute Gasteiger partial charge is 0.316 e. The molecule has 0 saturated heterocycles. The first-order chi connectivity index (χ1) is 13.8. The summed E-state index contributed by atoms with van der Waals surface area (Å²) in [5.41, 5.74) is 0.999. The van der Waals surface area contributed by atoms with E-state index < -0.39 is 20.9 Å². The Kier molecular flexibility index (Phi) is 5.60. The van der Waals surface area contributed by atoms with Crippen LogP contribution in [0.4, 0.5) is 17.1 Å². The van der Waals surface area contributed by atoms with Crippen LogP contribution in [0, 0.1) is 17.0 Å². The van der Waals surface area contributed by atoms with Crippen LogP contribution in [0.2, 0.25) is 0 Å². The van der Waals surface area contributed by atoms with E-state index in [0.29, 0.717) is 5.69 Å². The van der Waals surface area contributed by atoms with Gasteiger partial charge < -0.3 is 5.32 Å². The van der Waals surface area contributed by atoms with E-state index in [-0.39, 0.29) is 21.8 Å². The molecule has 0 spiro atoms. The molecular weight excluding hydrogens is 394 g/mol. The monoisotopic (exact) mass is 411 g/mol. The number of nitro benzene ring substituents is 1. The van der Waals surface area contributed by atoms with Gasteiger partial charge in [-0.2, -0.15) is 0 Å². The van der Waals surface area contributed by atoms with E-state index in [2.05, 4.69) is 10.0 Å². The predicted octanol–water partition coefficient (Wildman–Crippen LogP) is 3.96. The molecule has 8 nitrogen and oxygen atoms in total. The summed E-state index contributed by atoms with van der Waals surface area (Å²) in [6.45, 7) is 1.77. The second kappa shape index (κ2) is 8.11. The SMILES string of the molecule is Cc1ccccc1NS(=O)(=O)c1cccc(C(=O)Nc2ccccc2[N+](=O)[O-])c1. The number of carbonyl (C=O) groups is 1. The molecule has 0 unspecified atom stereocenters. The molecule has 3 aromatic rings. The zero-order valence-corrected chi connectivity index (χ0v) is 16.1. The standard InChI is InChI=1S/C20H17N3O5S/c1-14-7-2-3-10-17(14)22-29(27,28)16-9-6-8-15(13-16)20(24)21-18-11-4-5-12-19(18)23(25)26/h2-13,22H,1H3,(H,21,24). The number of carbonyl (C=O) groups excluding carboxylic acids is 1. The smallest absolute Gasteiger partial charge is 0.292 e. The first-order valence-electron chi connectivity index (χ1n) is 8.51. The summed E-state index contributed by atoms with van der Waals surface area (Å²) in [5.74, 6) is -0.660. The molecule has 0 fully saturated rings. The first kappa shape index (κ1) is 20.0. The van der Waals surface area contributed by atoms with Crippen LogP contribution >= 0.6 is 0 Å². The number of rotatable bonds is 6. The van der Waals surface area contributed by atoms with Crippen molar-refractivity contribution in [3.63, 3.8) is 0 Å². The van der Waals surface area contributed by atoms with Crippen LogP contribution in [0.15, 0.2) is 77.7 Å². The van der Waals surface area contributed by atoms with Crippen molar-refractivity contribution in [3.8, 4) is 0 Å². The number of nitrogens with zero attached hydrogens (tertiary/aromatic N) is 1. The second-order valence-electron chi connectivity index (χ2n) is 6.18. The number of para-hydroxylation sites is 3. The van der Waals surface area contributed by atoms with Crippen molar-refractivity contribution in [2.45, 2.75) is 11.8 Å². The molecule has 9 heteroatoms. The molecule has 0 aromatic heterocycles. The topological polar surface area (TPSA) is 118 Å². The lowest BCUT2D eigenvalue weighted by Crippen LogP contribution is -2.16. The lowest BCUT2D eigenvalue weighted by Gasteiger charge is -2.11. The summed E-state index contributed by atoms with van der Waals surface area (Å²) in [7, 11) is -3.92. The van der Waals surface area contributed by atoms with Crippen molar-refractivity contribution >= 4 is 33.0 Å². The number of hydrogen-bond acceptors (Lipinski definition) is 5. The number of aryl methyl sites for hydroxylation is 1. The highest BCUT2D eigenvalue weighted by atomic mass is 32.2. The molecule has 3 rings (SSSR count). The lowest BCUT2D eigenvalue weighted by atomic mass is 10.2. The Hall–Kier alpha value is -3.72. The minimum absolute atomic E-state index is 0.0220. The fourth-order valence-electron chi connectivity index (χ4n) is 2.63. The Morgan fingerprint density at radius 3 is 2.28 bits per heavy atom. The van der Waals surface area contributed by atoms with Crippen LogP contribution in [-0.2, 0) is 10.0 Å². The van der Waals surface area contributed by atoms with Gasteiger partial charge in [0.25, 0.3) is 21.6 Å². The van der Waals surface area contributed by atoms with E-state index in [4.69, 9.17) is 0 Å². The Balaban J connectivity index is 1.87. The molecular formula is C20H17N3O5S. The highest BCUT2D eigenvalue weighted by Gasteiger charge is 2.19. The van der Waals surface area contributed by atoms with Crippen LogP contribution in [-0.4, -0.2) is 19.2 Å². The zero-order valence-electron chi connectivity index (χ0n) is 15.3. The highest BCUT2D eigenvalue weighted by molar-refractivity contribution is 7.92. The van der Waals surface area contributed by atoms with Crippen LogP contribution in [0.1, 0.15) is 15.9 Å². The minimum Gasteiger partial charge on any atom is -0.316 e. The fraction of sp³-hybridized carbons (Fsp3) is 0.0500. The van der Waals surface area contributed by atoms with Gasteiger partial charge in [-0.25, -0.2) is 8.42 Å². The molecule has 0 aliphatic rings. The van der Waals surface area contributed by atoms with Crippen molar-refractivity contribution in [2.24, 2.45) is 0 Å². The Bertz CT molecular complexity index is 1190. The van der Waals surface area contributed by atoms with Crippen LogP contribution < -0.4 is 10.0 Å². The highest BCUT2D eigenvalue weighted by Crippen LogP contribution is 2.24. The maximum absolute atomic E-state index is 12.7. The first-order valence-corrected chi connectivity index (χ1v) is 9.99. The molecule has 0 radical (unpaired) electrons. The van der Waals surface area contributed by atoms with E-state index in [0.717, 1.165) is 5.56 Å². The summed E-state index contributed by atoms with van der Waals surface area (Å²) in [5, 5.41) is 13.5. The van der Waals surface area contributed by atoms with Crippen LogP contribution in [0.5, 0.6) is 0 Å². The molecule has 3 aromatic carbocycles. The molecule has 0 saturated carbocycles. The quantitative estimate of drug-likeness (QED) is 0.470. The van der Waals surface area contributed by atoms with Gasteiger partial charge in [-0.15, -0.1) is 0 Å². The zero-order chi connectivity index (χ0) is 21.0. The third-order valence-corrected chi connectivity index (χ3v) is 5.51.